The van der Waals surface area contributed by atoms with Crippen LogP contribution in [-0.2, 0) is 0 Å². The van der Waals surface area contributed by atoms with Crippen molar-refractivity contribution in [3.8, 4) is 5.75 Å². The van der Waals surface area contributed by atoms with E-state index in [1.54, 1.807) is 12.1 Å². The van der Waals surface area contributed by atoms with Gasteiger partial charge in [0.25, 0.3) is 5.91 Å². The fourth-order valence-electron chi connectivity index (χ4n) is 1.71. The van der Waals surface area contributed by atoms with Gasteiger partial charge in [-0.05, 0) is 59.4 Å². The number of halogens is 1. The lowest BCUT2D eigenvalue weighted by molar-refractivity contribution is 0.102. The van der Waals surface area contributed by atoms with Gasteiger partial charge in [-0.15, -0.1) is 0 Å². The molecule has 0 aliphatic rings. The molecular formula is C17H16INO2. The molecule has 21 heavy (non-hydrogen) atoms. The summed E-state index contributed by atoms with van der Waals surface area (Å²) in [5, 5.41) is 2.88. The van der Waals surface area contributed by atoms with Crippen LogP contribution in [0.15, 0.2) is 60.7 Å². The molecule has 0 radical (unpaired) electrons. The summed E-state index contributed by atoms with van der Waals surface area (Å²) in [6, 6.07) is 14.8. The minimum Gasteiger partial charge on any atom is -0.489 e. The summed E-state index contributed by atoms with van der Waals surface area (Å²) in [5.74, 6) is 0.579. The van der Waals surface area contributed by atoms with Crippen molar-refractivity contribution in [1.29, 1.82) is 0 Å². The molecule has 0 spiro atoms. The first kappa shape index (κ1) is 15.6. The number of nitrogens with one attached hydrogen (secondary N) is 1. The Balaban J connectivity index is 2.09. The third-order valence-corrected chi connectivity index (χ3v) is 3.64. The number of hydrogen-bond donors (Lipinski definition) is 1. The van der Waals surface area contributed by atoms with Crippen molar-refractivity contribution in [2.45, 2.75) is 6.92 Å². The van der Waals surface area contributed by atoms with Gasteiger partial charge in [-0.25, -0.2) is 0 Å². The molecule has 4 heteroatoms. The molecule has 0 saturated carbocycles. The monoisotopic (exact) mass is 393 g/mol. The van der Waals surface area contributed by atoms with Crippen molar-refractivity contribution >= 4 is 34.2 Å². The molecule has 0 bridgehead atoms. The van der Waals surface area contributed by atoms with E-state index >= 15 is 0 Å². The van der Waals surface area contributed by atoms with Gasteiger partial charge < -0.3 is 10.1 Å². The topological polar surface area (TPSA) is 38.3 Å². The van der Waals surface area contributed by atoms with E-state index in [2.05, 4.69) is 34.5 Å². The highest BCUT2D eigenvalue weighted by molar-refractivity contribution is 14.1. The molecule has 108 valence electrons. The van der Waals surface area contributed by atoms with Crippen LogP contribution in [0.4, 0.5) is 5.69 Å². The highest BCUT2D eigenvalue weighted by Gasteiger charge is 2.09. The quantitative estimate of drug-likeness (QED) is 0.600. The van der Waals surface area contributed by atoms with Crippen molar-refractivity contribution in [3.05, 3.63) is 69.8 Å². The van der Waals surface area contributed by atoms with Crippen LogP contribution in [0.5, 0.6) is 5.75 Å². The van der Waals surface area contributed by atoms with E-state index in [1.807, 2.05) is 43.3 Å². The van der Waals surface area contributed by atoms with Gasteiger partial charge in [-0.1, -0.05) is 24.8 Å². The molecule has 1 N–H and O–H groups in total. The van der Waals surface area contributed by atoms with Crippen LogP contribution in [0, 0.1) is 3.57 Å². The van der Waals surface area contributed by atoms with Crippen LogP contribution in [0.3, 0.4) is 0 Å². The Kier molecular flexibility index (Phi) is 5.38. The fourth-order valence-corrected chi connectivity index (χ4v) is 2.35. The maximum Gasteiger partial charge on any atom is 0.256 e. The first-order valence-corrected chi connectivity index (χ1v) is 7.57. The number of rotatable bonds is 5. The van der Waals surface area contributed by atoms with E-state index < -0.39 is 0 Å². The van der Waals surface area contributed by atoms with E-state index in [0.717, 1.165) is 9.14 Å². The molecule has 0 aliphatic heterocycles. The lowest BCUT2D eigenvalue weighted by Gasteiger charge is -2.10. The SMILES string of the molecule is C=C(C)COc1cccc(NC(=O)c2ccccc2I)c1. The van der Waals surface area contributed by atoms with Crippen molar-refractivity contribution in [2.75, 3.05) is 11.9 Å². The molecule has 2 rings (SSSR count). The second kappa shape index (κ2) is 7.26. The summed E-state index contributed by atoms with van der Waals surface area (Å²) < 4.78 is 6.49. The van der Waals surface area contributed by atoms with Crippen LogP contribution >= 0.6 is 22.6 Å². The van der Waals surface area contributed by atoms with Gasteiger partial charge in [0.15, 0.2) is 0 Å². The molecule has 0 aromatic heterocycles. The number of hydrogen-bond acceptors (Lipinski definition) is 2. The van der Waals surface area contributed by atoms with Crippen LogP contribution in [0.25, 0.3) is 0 Å². The highest BCUT2D eigenvalue weighted by atomic mass is 127. The summed E-state index contributed by atoms with van der Waals surface area (Å²) in [6.07, 6.45) is 0. The molecule has 0 unspecified atom stereocenters. The summed E-state index contributed by atoms with van der Waals surface area (Å²) in [5.41, 5.74) is 2.31. The van der Waals surface area contributed by atoms with Crippen molar-refractivity contribution in [1.82, 2.24) is 0 Å². The van der Waals surface area contributed by atoms with Crippen LogP contribution in [0.1, 0.15) is 17.3 Å². The number of ether oxygens (including phenoxy) is 1. The predicted octanol–water partition coefficient (Wildman–Crippen LogP) is 4.50. The maximum absolute atomic E-state index is 12.2. The smallest absolute Gasteiger partial charge is 0.256 e. The number of amides is 1. The Hall–Kier alpha value is -1.82. The largest absolute Gasteiger partial charge is 0.489 e. The van der Waals surface area contributed by atoms with Crippen LogP contribution < -0.4 is 10.1 Å². The molecule has 0 aliphatic carbocycles. The second-order valence-corrected chi connectivity index (χ2v) is 5.87. The molecule has 1 amide bonds. The van der Waals surface area contributed by atoms with Gasteiger partial charge in [0.05, 0.1) is 5.56 Å². The Morgan fingerprint density at radius 2 is 2.00 bits per heavy atom. The first-order chi connectivity index (χ1) is 10.1. The van der Waals surface area contributed by atoms with Crippen molar-refractivity contribution in [2.24, 2.45) is 0 Å². The third-order valence-electron chi connectivity index (χ3n) is 2.70. The molecular weight excluding hydrogens is 377 g/mol. The van der Waals surface area contributed by atoms with Gasteiger partial charge in [-0.2, -0.15) is 0 Å². The zero-order chi connectivity index (χ0) is 15.2. The van der Waals surface area contributed by atoms with Crippen LogP contribution in [-0.4, -0.2) is 12.5 Å². The van der Waals surface area contributed by atoms with Gasteiger partial charge in [0, 0.05) is 15.3 Å². The molecule has 0 fully saturated rings. The molecule has 0 saturated heterocycles. The van der Waals surface area contributed by atoms with E-state index in [4.69, 9.17) is 4.74 Å². The Morgan fingerprint density at radius 1 is 1.24 bits per heavy atom. The summed E-state index contributed by atoms with van der Waals surface area (Å²) in [4.78, 5) is 12.2. The zero-order valence-electron chi connectivity index (χ0n) is 11.7. The van der Waals surface area contributed by atoms with Gasteiger partial charge in [0.2, 0.25) is 0 Å². The van der Waals surface area contributed by atoms with E-state index in [1.165, 1.54) is 0 Å². The molecule has 3 nitrogen and oxygen atoms in total. The summed E-state index contributed by atoms with van der Waals surface area (Å²) in [6.45, 7) is 6.17. The number of anilines is 1. The number of carbonyl (C=O) groups is 1. The Bertz CT molecular complexity index is 667. The summed E-state index contributed by atoms with van der Waals surface area (Å²) in [7, 11) is 0. The van der Waals surface area contributed by atoms with Gasteiger partial charge >= 0.3 is 0 Å². The van der Waals surface area contributed by atoms with Crippen molar-refractivity contribution < 1.29 is 9.53 Å². The zero-order valence-corrected chi connectivity index (χ0v) is 13.9. The molecule has 2 aromatic rings. The predicted molar refractivity (Wildman–Crippen MR) is 93.9 cm³/mol. The maximum atomic E-state index is 12.2. The molecule has 0 heterocycles. The minimum atomic E-state index is -0.128. The van der Waals surface area contributed by atoms with Crippen LogP contribution in [0.2, 0.25) is 0 Å². The molecule has 0 atom stereocenters. The lowest BCUT2D eigenvalue weighted by atomic mass is 10.2. The number of benzene rings is 2. The standard InChI is InChI=1S/C17H16INO2/c1-12(2)11-21-14-7-5-6-13(10-14)19-17(20)15-8-3-4-9-16(15)18/h3-10H,1,11H2,2H3,(H,19,20). The van der Waals surface area contributed by atoms with Gasteiger partial charge in [-0.3, -0.25) is 4.79 Å². The fraction of sp³-hybridized carbons (Fsp3) is 0.118. The highest BCUT2D eigenvalue weighted by Crippen LogP contribution is 2.19. The van der Waals surface area contributed by atoms with E-state index in [-0.39, 0.29) is 5.91 Å². The first-order valence-electron chi connectivity index (χ1n) is 6.49. The average molecular weight is 393 g/mol. The number of carbonyl (C=O) groups excluding carboxylic acids is 1. The Labute approximate surface area is 138 Å². The third kappa shape index (κ3) is 4.60. The van der Waals surface area contributed by atoms with E-state index in [9.17, 15) is 4.79 Å². The minimum absolute atomic E-state index is 0.128. The molecule has 2 aromatic carbocycles. The van der Waals surface area contributed by atoms with Crippen molar-refractivity contribution in [3.63, 3.8) is 0 Å². The second-order valence-electron chi connectivity index (χ2n) is 4.71. The Morgan fingerprint density at radius 3 is 2.71 bits per heavy atom. The van der Waals surface area contributed by atoms with Gasteiger partial charge in [0.1, 0.15) is 12.4 Å². The van der Waals surface area contributed by atoms with E-state index in [0.29, 0.717) is 23.6 Å². The summed E-state index contributed by atoms with van der Waals surface area (Å²) >= 11 is 2.15. The lowest BCUT2D eigenvalue weighted by Crippen LogP contribution is -2.13. The normalized spacial score (nSPS) is 10.0. The average Bonchev–Trinajstić information content (AvgIpc) is 2.46.